The van der Waals surface area contributed by atoms with Crippen molar-refractivity contribution in [1.82, 2.24) is 14.9 Å². The van der Waals surface area contributed by atoms with E-state index in [2.05, 4.69) is 37.7 Å². The molecule has 3 heterocycles. The number of esters is 1. The summed E-state index contributed by atoms with van der Waals surface area (Å²) in [6, 6.07) is 0. The van der Waals surface area contributed by atoms with Crippen LogP contribution in [0, 0.1) is 32.6 Å². The molecule has 1 saturated heterocycles. The van der Waals surface area contributed by atoms with Crippen LogP contribution >= 0.6 is 23.1 Å². The van der Waals surface area contributed by atoms with Crippen molar-refractivity contribution in [3.63, 3.8) is 0 Å². The number of rotatable bonds is 5. The van der Waals surface area contributed by atoms with Crippen LogP contribution in [-0.2, 0) is 14.3 Å². The fourth-order valence-corrected chi connectivity index (χ4v) is 5.76. The van der Waals surface area contributed by atoms with Gasteiger partial charge >= 0.3 is 5.97 Å². The van der Waals surface area contributed by atoms with Crippen LogP contribution in [0.2, 0.25) is 0 Å². The minimum atomic E-state index is -0.398. The highest BCUT2D eigenvalue weighted by Gasteiger charge is 2.26. The van der Waals surface area contributed by atoms with Crippen molar-refractivity contribution in [2.24, 2.45) is 11.8 Å². The Kier molecular flexibility index (Phi) is 6.60. The molecule has 1 fully saturated rings. The van der Waals surface area contributed by atoms with E-state index in [-0.39, 0.29) is 18.3 Å². The van der Waals surface area contributed by atoms with E-state index < -0.39 is 5.97 Å². The normalized spacial score (nSPS) is 19.8. The van der Waals surface area contributed by atoms with Gasteiger partial charge in [-0.3, -0.25) is 9.59 Å². The van der Waals surface area contributed by atoms with Crippen molar-refractivity contribution in [3.05, 3.63) is 16.3 Å². The van der Waals surface area contributed by atoms with Crippen LogP contribution < -0.4 is 0 Å². The maximum atomic E-state index is 12.4. The number of thioether (sulfide) groups is 1. The highest BCUT2D eigenvalue weighted by molar-refractivity contribution is 8.00. The van der Waals surface area contributed by atoms with E-state index in [1.54, 1.807) is 11.3 Å². The van der Waals surface area contributed by atoms with Crippen molar-refractivity contribution in [2.45, 2.75) is 46.1 Å². The molecule has 0 bridgehead atoms. The molecule has 2 aromatic rings. The molecule has 0 aliphatic carbocycles. The summed E-state index contributed by atoms with van der Waals surface area (Å²) in [6.45, 7) is 11.6. The highest BCUT2D eigenvalue weighted by Crippen LogP contribution is 2.35. The Hall–Kier alpha value is -1.67. The average Bonchev–Trinajstić information content (AvgIpc) is 2.90. The fraction of sp³-hybridized carbons (Fsp3) is 0.600. The predicted octanol–water partition coefficient (Wildman–Crippen LogP) is 3.76. The quantitative estimate of drug-likeness (QED) is 0.416. The number of fused-ring (bicyclic) bond motifs is 1. The maximum Gasteiger partial charge on any atom is 0.316 e. The van der Waals surface area contributed by atoms with Gasteiger partial charge in [-0.2, -0.15) is 0 Å². The first-order valence-electron chi connectivity index (χ1n) is 9.55. The van der Waals surface area contributed by atoms with Gasteiger partial charge in [0, 0.05) is 23.4 Å². The molecule has 8 heteroatoms. The van der Waals surface area contributed by atoms with Gasteiger partial charge in [0.2, 0.25) is 0 Å². The molecule has 2 atom stereocenters. The van der Waals surface area contributed by atoms with Crippen LogP contribution in [0.3, 0.4) is 0 Å². The minimum Gasteiger partial charge on any atom is -0.455 e. The molecule has 0 saturated carbocycles. The molecule has 1 aliphatic heterocycles. The molecule has 0 unspecified atom stereocenters. The molecule has 3 rings (SSSR count). The van der Waals surface area contributed by atoms with Gasteiger partial charge in [0.15, 0.2) is 6.61 Å². The largest absolute Gasteiger partial charge is 0.455 e. The number of carbonyl (C=O) groups is 2. The molecule has 0 aromatic carbocycles. The molecule has 0 radical (unpaired) electrons. The Morgan fingerprint density at radius 1 is 1.18 bits per heavy atom. The zero-order chi connectivity index (χ0) is 20.4. The molecule has 0 spiro atoms. The summed E-state index contributed by atoms with van der Waals surface area (Å²) in [5.41, 5.74) is 1.15. The summed E-state index contributed by atoms with van der Waals surface area (Å²) in [7, 11) is 0. The van der Waals surface area contributed by atoms with Crippen LogP contribution in [-0.4, -0.2) is 52.2 Å². The lowest BCUT2D eigenvalue weighted by Gasteiger charge is -2.34. The van der Waals surface area contributed by atoms with E-state index in [1.807, 2.05) is 11.8 Å². The Labute approximate surface area is 174 Å². The Bertz CT molecular complexity index is 886. The molecule has 152 valence electrons. The van der Waals surface area contributed by atoms with Crippen LogP contribution in [0.5, 0.6) is 0 Å². The number of hydrogen-bond acceptors (Lipinski definition) is 7. The Morgan fingerprint density at radius 3 is 2.54 bits per heavy atom. The molecule has 0 N–H and O–H groups in total. The standard InChI is InChI=1S/C20H27N3O3S2/c1-11-6-12(2)8-23(7-11)16(24)9-26-17(25)10-27-19-18-13(3)14(4)28-20(18)22-15(5)21-19/h11-12H,6-10H2,1-5H3/t11-,12-/m0/s1. The number of thiophene rings is 1. The Morgan fingerprint density at radius 2 is 1.86 bits per heavy atom. The third-order valence-electron chi connectivity index (χ3n) is 5.01. The third-order valence-corrected chi connectivity index (χ3v) is 7.06. The van der Waals surface area contributed by atoms with E-state index in [9.17, 15) is 9.59 Å². The first-order valence-corrected chi connectivity index (χ1v) is 11.3. The molecule has 2 aromatic heterocycles. The lowest BCUT2D eigenvalue weighted by molar-refractivity contribution is -0.151. The van der Waals surface area contributed by atoms with Crippen molar-refractivity contribution in [1.29, 1.82) is 0 Å². The molecule has 1 aliphatic rings. The summed E-state index contributed by atoms with van der Waals surface area (Å²) >= 11 is 2.98. The zero-order valence-corrected chi connectivity index (χ0v) is 18.7. The number of likely N-dealkylation sites (tertiary alicyclic amines) is 1. The lowest BCUT2D eigenvalue weighted by Crippen LogP contribution is -2.44. The number of nitrogens with zero attached hydrogens (tertiary/aromatic N) is 3. The number of carbonyl (C=O) groups excluding carboxylic acids is 2. The number of amides is 1. The molecular weight excluding hydrogens is 394 g/mol. The number of piperidine rings is 1. The smallest absolute Gasteiger partial charge is 0.316 e. The van der Waals surface area contributed by atoms with E-state index in [0.717, 1.165) is 40.3 Å². The number of hydrogen-bond donors (Lipinski definition) is 0. The summed E-state index contributed by atoms with van der Waals surface area (Å²) < 4.78 is 5.24. The van der Waals surface area contributed by atoms with Crippen LogP contribution in [0.25, 0.3) is 10.2 Å². The van der Waals surface area contributed by atoms with Gasteiger partial charge in [0.05, 0.1) is 5.75 Å². The number of ether oxygens (including phenoxy) is 1. The maximum absolute atomic E-state index is 12.4. The minimum absolute atomic E-state index is 0.110. The van der Waals surface area contributed by atoms with Gasteiger partial charge in [-0.05, 0) is 44.6 Å². The van der Waals surface area contributed by atoms with Gasteiger partial charge in [0.25, 0.3) is 5.91 Å². The van der Waals surface area contributed by atoms with Crippen LogP contribution in [0.1, 0.15) is 36.5 Å². The Balaban J connectivity index is 1.56. The summed E-state index contributed by atoms with van der Waals surface area (Å²) in [5.74, 6) is 1.28. The number of aryl methyl sites for hydroxylation is 3. The second kappa shape index (κ2) is 8.78. The predicted molar refractivity (Wildman–Crippen MR) is 113 cm³/mol. The van der Waals surface area contributed by atoms with Crippen molar-refractivity contribution in [2.75, 3.05) is 25.4 Å². The van der Waals surface area contributed by atoms with Crippen LogP contribution in [0.4, 0.5) is 0 Å². The monoisotopic (exact) mass is 421 g/mol. The SMILES string of the molecule is Cc1nc(SCC(=O)OCC(=O)N2C[C@@H](C)C[C@H](C)C2)c2c(C)c(C)sc2n1. The lowest BCUT2D eigenvalue weighted by atomic mass is 9.92. The highest BCUT2D eigenvalue weighted by atomic mass is 32.2. The number of aromatic nitrogens is 2. The summed E-state index contributed by atoms with van der Waals surface area (Å²) in [4.78, 5) is 37.5. The molecule has 28 heavy (non-hydrogen) atoms. The van der Waals surface area contributed by atoms with Crippen molar-refractivity contribution >= 4 is 45.2 Å². The van der Waals surface area contributed by atoms with E-state index in [4.69, 9.17) is 4.74 Å². The van der Waals surface area contributed by atoms with Crippen molar-refractivity contribution < 1.29 is 14.3 Å². The van der Waals surface area contributed by atoms with Crippen molar-refractivity contribution in [3.8, 4) is 0 Å². The first kappa shape index (κ1) is 21.0. The average molecular weight is 422 g/mol. The van der Waals surface area contributed by atoms with Gasteiger partial charge in [0.1, 0.15) is 15.7 Å². The molecule has 1 amide bonds. The van der Waals surface area contributed by atoms with E-state index >= 15 is 0 Å². The van der Waals surface area contributed by atoms with Gasteiger partial charge < -0.3 is 9.64 Å². The van der Waals surface area contributed by atoms with Gasteiger partial charge in [-0.1, -0.05) is 25.6 Å². The second-order valence-corrected chi connectivity index (χ2v) is 9.90. The van der Waals surface area contributed by atoms with E-state index in [0.29, 0.717) is 17.7 Å². The van der Waals surface area contributed by atoms with Crippen LogP contribution in [0.15, 0.2) is 5.03 Å². The molecule has 6 nitrogen and oxygen atoms in total. The topological polar surface area (TPSA) is 72.4 Å². The third kappa shape index (κ3) is 4.84. The first-order chi connectivity index (χ1) is 13.2. The summed E-state index contributed by atoms with van der Waals surface area (Å²) in [6.07, 6.45) is 1.13. The summed E-state index contributed by atoms with van der Waals surface area (Å²) in [5, 5.41) is 1.81. The van der Waals surface area contributed by atoms with E-state index in [1.165, 1.54) is 16.6 Å². The zero-order valence-electron chi connectivity index (χ0n) is 17.1. The van der Waals surface area contributed by atoms with Gasteiger partial charge in [-0.25, -0.2) is 9.97 Å². The molecular formula is C20H27N3O3S2. The fourth-order valence-electron chi connectivity index (χ4n) is 3.69. The second-order valence-electron chi connectivity index (χ2n) is 7.73. The van der Waals surface area contributed by atoms with Gasteiger partial charge in [-0.15, -0.1) is 11.3 Å².